The summed E-state index contributed by atoms with van der Waals surface area (Å²) >= 11 is 7.08. The van der Waals surface area contributed by atoms with Crippen molar-refractivity contribution in [2.24, 2.45) is 5.73 Å². The maximum absolute atomic E-state index is 11.8. The number of amides is 1. The van der Waals surface area contributed by atoms with Gasteiger partial charge in [0, 0.05) is 19.1 Å². The third kappa shape index (κ3) is 1.92. The highest BCUT2D eigenvalue weighted by Gasteiger charge is 2.25. The first-order chi connectivity index (χ1) is 6.66. The lowest BCUT2D eigenvalue weighted by molar-refractivity contribution is 0.0795. The number of thiophene rings is 1. The van der Waals surface area contributed by atoms with Gasteiger partial charge in [-0.15, -0.1) is 11.3 Å². The summed E-state index contributed by atoms with van der Waals surface area (Å²) in [6.07, 6.45) is 0.894. The van der Waals surface area contributed by atoms with Gasteiger partial charge < -0.3 is 10.6 Å². The molecule has 2 rings (SSSR count). The second kappa shape index (κ2) is 3.88. The Bertz CT molecular complexity index is 352. The summed E-state index contributed by atoms with van der Waals surface area (Å²) in [7, 11) is 0. The molecule has 1 aliphatic heterocycles. The third-order valence-electron chi connectivity index (χ3n) is 2.30. The van der Waals surface area contributed by atoms with Crippen LogP contribution < -0.4 is 5.73 Å². The summed E-state index contributed by atoms with van der Waals surface area (Å²) in [4.78, 5) is 14.3. The van der Waals surface area contributed by atoms with Gasteiger partial charge in [0.05, 0.1) is 9.21 Å². The van der Waals surface area contributed by atoms with Crippen LogP contribution in [0.25, 0.3) is 0 Å². The van der Waals surface area contributed by atoms with E-state index < -0.39 is 0 Å². The minimum absolute atomic E-state index is 0.0508. The molecular formula is C9H11ClN2OS. The molecule has 1 unspecified atom stereocenters. The van der Waals surface area contributed by atoms with Gasteiger partial charge in [-0.25, -0.2) is 0 Å². The van der Waals surface area contributed by atoms with Crippen LogP contribution in [0.2, 0.25) is 4.34 Å². The molecule has 0 spiro atoms. The van der Waals surface area contributed by atoms with E-state index in [1.807, 2.05) is 0 Å². The Kier molecular flexibility index (Phi) is 2.76. The molecule has 1 atom stereocenters. The SMILES string of the molecule is NC1CCN(C(=O)c2ccc(Cl)s2)C1. The molecule has 2 heterocycles. The molecular weight excluding hydrogens is 220 g/mol. The van der Waals surface area contributed by atoms with Crippen molar-refractivity contribution < 1.29 is 4.79 Å². The summed E-state index contributed by atoms with van der Waals surface area (Å²) < 4.78 is 0.650. The van der Waals surface area contributed by atoms with E-state index in [0.29, 0.717) is 15.8 Å². The Labute approximate surface area is 91.5 Å². The molecule has 0 aromatic carbocycles. The minimum atomic E-state index is 0.0508. The fourth-order valence-corrected chi connectivity index (χ4v) is 2.57. The molecule has 2 N–H and O–H groups in total. The van der Waals surface area contributed by atoms with Gasteiger partial charge in [0.1, 0.15) is 0 Å². The number of halogens is 1. The normalized spacial score (nSPS) is 21.6. The van der Waals surface area contributed by atoms with E-state index in [9.17, 15) is 4.79 Å². The number of likely N-dealkylation sites (tertiary alicyclic amines) is 1. The van der Waals surface area contributed by atoms with Gasteiger partial charge in [0.15, 0.2) is 0 Å². The highest BCUT2D eigenvalue weighted by atomic mass is 35.5. The minimum Gasteiger partial charge on any atom is -0.336 e. The predicted octanol–water partition coefficient (Wildman–Crippen LogP) is 1.57. The molecule has 76 valence electrons. The summed E-state index contributed by atoms with van der Waals surface area (Å²) in [5.74, 6) is 0.0508. The third-order valence-corrected chi connectivity index (χ3v) is 3.52. The average Bonchev–Trinajstić information content (AvgIpc) is 2.73. The molecule has 0 bridgehead atoms. The quantitative estimate of drug-likeness (QED) is 0.796. The second-order valence-corrected chi connectivity index (χ2v) is 5.12. The Hall–Kier alpha value is -0.580. The van der Waals surface area contributed by atoms with E-state index in [-0.39, 0.29) is 11.9 Å². The number of hydrogen-bond donors (Lipinski definition) is 1. The molecule has 1 fully saturated rings. The first kappa shape index (κ1) is 9.96. The number of nitrogens with zero attached hydrogens (tertiary/aromatic N) is 1. The van der Waals surface area contributed by atoms with Crippen molar-refractivity contribution >= 4 is 28.8 Å². The van der Waals surface area contributed by atoms with Crippen molar-refractivity contribution in [3.63, 3.8) is 0 Å². The lowest BCUT2D eigenvalue weighted by Gasteiger charge is -2.13. The van der Waals surface area contributed by atoms with Crippen molar-refractivity contribution in [2.45, 2.75) is 12.5 Å². The topological polar surface area (TPSA) is 46.3 Å². The maximum Gasteiger partial charge on any atom is 0.264 e. The van der Waals surface area contributed by atoms with E-state index in [1.54, 1.807) is 17.0 Å². The summed E-state index contributed by atoms with van der Waals surface area (Å²) in [6.45, 7) is 1.42. The number of hydrogen-bond acceptors (Lipinski definition) is 3. The molecule has 5 heteroatoms. The van der Waals surface area contributed by atoms with Crippen LogP contribution in [-0.2, 0) is 0 Å². The molecule has 14 heavy (non-hydrogen) atoms. The van der Waals surface area contributed by atoms with Crippen LogP contribution in [0.1, 0.15) is 16.1 Å². The maximum atomic E-state index is 11.8. The van der Waals surface area contributed by atoms with Crippen LogP contribution in [0.3, 0.4) is 0 Å². The fraction of sp³-hybridized carbons (Fsp3) is 0.444. The Balaban J connectivity index is 2.09. The molecule has 0 saturated carbocycles. The van der Waals surface area contributed by atoms with Crippen molar-refractivity contribution in [3.05, 3.63) is 21.3 Å². The standard InChI is InChI=1S/C9H11ClN2OS/c10-8-2-1-7(14-8)9(13)12-4-3-6(11)5-12/h1-2,6H,3-5,11H2. The van der Waals surface area contributed by atoms with Gasteiger partial charge in [-0.05, 0) is 18.6 Å². The molecule has 1 saturated heterocycles. The van der Waals surface area contributed by atoms with Gasteiger partial charge in [0.2, 0.25) is 0 Å². The fourth-order valence-electron chi connectivity index (χ4n) is 1.56. The van der Waals surface area contributed by atoms with Crippen LogP contribution in [0, 0.1) is 0 Å². The largest absolute Gasteiger partial charge is 0.336 e. The van der Waals surface area contributed by atoms with Gasteiger partial charge >= 0.3 is 0 Å². The van der Waals surface area contributed by atoms with E-state index in [4.69, 9.17) is 17.3 Å². The highest BCUT2D eigenvalue weighted by molar-refractivity contribution is 7.17. The van der Waals surface area contributed by atoms with Crippen molar-refractivity contribution in [1.29, 1.82) is 0 Å². The summed E-state index contributed by atoms with van der Waals surface area (Å²) in [6, 6.07) is 3.64. The molecule has 0 aliphatic carbocycles. The smallest absolute Gasteiger partial charge is 0.264 e. The van der Waals surface area contributed by atoms with Crippen molar-refractivity contribution in [3.8, 4) is 0 Å². The van der Waals surface area contributed by atoms with E-state index in [2.05, 4.69) is 0 Å². The molecule has 1 aromatic heterocycles. The summed E-state index contributed by atoms with van der Waals surface area (Å²) in [5.41, 5.74) is 5.73. The zero-order chi connectivity index (χ0) is 10.1. The van der Waals surface area contributed by atoms with E-state index in [1.165, 1.54) is 11.3 Å². The number of rotatable bonds is 1. The van der Waals surface area contributed by atoms with Crippen LogP contribution in [0.5, 0.6) is 0 Å². The van der Waals surface area contributed by atoms with E-state index in [0.717, 1.165) is 13.0 Å². The predicted molar refractivity (Wildman–Crippen MR) is 57.8 cm³/mol. The zero-order valence-electron chi connectivity index (χ0n) is 7.57. The lowest BCUT2D eigenvalue weighted by atomic mass is 10.3. The van der Waals surface area contributed by atoms with Crippen LogP contribution in [-0.4, -0.2) is 29.9 Å². The number of nitrogens with two attached hydrogens (primary N) is 1. The molecule has 1 aromatic rings. The van der Waals surface area contributed by atoms with Crippen LogP contribution in [0.15, 0.2) is 12.1 Å². The summed E-state index contributed by atoms with van der Waals surface area (Å²) in [5, 5.41) is 0. The molecule has 3 nitrogen and oxygen atoms in total. The number of carbonyl (C=O) groups is 1. The highest BCUT2D eigenvalue weighted by Crippen LogP contribution is 2.23. The van der Waals surface area contributed by atoms with Crippen LogP contribution >= 0.6 is 22.9 Å². The molecule has 1 aliphatic rings. The average molecular weight is 231 g/mol. The molecule has 0 radical (unpaired) electrons. The Morgan fingerprint density at radius 2 is 2.43 bits per heavy atom. The zero-order valence-corrected chi connectivity index (χ0v) is 9.14. The van der Waals surface area contributed by atoms with Gasteiger partial charge in [-0.1, -0.05) is 11.6 Å². The first-order valence-electron chi connectivity index (χ1n) is 4.47. The monoisotopic (exact) mass is 230 g/mol. The van der Waals surface area contributed by atoms with Crippen LogP contribution in [0.4, 0.5) is 0 Å². The first-order valence-corrected chi connectivity index (χ1v) is 5.66. The second-order valence-electron chi connectivity index (χ2n) is 3.40. The van der Waals surface area contributed by atoms with Gasteiger partial charge in [-0.3, -0.25) is 4.79 Å². The molecule has 1 amide bonds. The Morgan fingerprint density at radius 3 is 2.93 bits per heavy atom. The number of carbonyl (C=O) groups excluding carboxylic acids is 1. The van der Waals surface area contributed by atoms with Gasteiger partial charge in [-0.2, -0.15) is 0 Å². The van der Waals surface area contributed by atoms with Crippen molar-refractivity contribution in [1.82, 2.24) is 4.90 Å². The van der Waals surface area contributed by atoms with Crippen molar-refractivity contribution in [2.75, 3.05) is 13.1 Å². The lowest BCUT2D eigenvalue weighted by Crippen LogP contribution is -2.31. The van der Waals surface area contributed by atoms with E-state index >= 15 is 0 Å². The Morgan fingerprint density at radius 1 is 1.64 bits per heavy atom. The van der Waals surface area contributed by atoms with Gasteiger partial charge in [0.25, 0.3) is 5.91 Å².